The minimum Gasteiger partial charge on any atom is -0.386 e. The molecule has 1 aromatic rings. The van der Waals surface area contributed by atoms with Gasteiger partial charge in [-0.15, -0.1) is 0 Å². The molecule has 26 heavy (non-hydrogen) atoms. The molecule has 150 valence electrons. The molecule has 1 unspecified atom stereocenters. The molecule has 0 amide bonds. The fraction of sp³-hybridized carbons (Fsp3) is 0.714. The minimum atomic E-state index is -3.87. The van der Waals surface area contributed by atoms with Gasteiger partial charge in [-0.2, -0.15) is 0 Å². The highest BCUT2D eigenvalue weighted by Crippen LogP contribution is 2.39. The summed E-state index contributed by atoms with van der Waals surface area (Å²) in [6, 6.07) is 1.14. The summed E-state index contributed by atoms with van der Waals surface area (Å²) in [5.41, 5.74) is -1.28. The summed E-state index contributed by atoms with van der Waals surface area (Å²) in [6.07, 6.45) is -2.64. The van der Waals surface area contributed by atoms with Crippen molar-refractivity contribution in [1.82, 2.24) is 9.55 Å². The maximum atomic E-state index is 11.9. The number of aromatic amines is 1. The lowest BCUT2D eigenvalue weighted by atomic mass is 10.5. The molecule has 0 fully saturated rings. The fourth-order valence-electron chi connectivity index (χ4n) is 1.80. The van der Waals surface area contributed by atoms with Crippen LogP contribution in [0.3, 0.4) is 0 Å². The van der Waals surface area contributed by atoms with Crippen molar-refractivity contribution in [2.75, 3.05) is 33.0 Å². The molecule has 0 saturated carbocycles. The second-order valence-corrected chi connectivity index (χ2v) is 7.89. The molecule has 3 N–H and O–H groups in total. The van der Waals surface area contributed by atoms with Crippen LogP contribution in [-0.4, -0.2) is 65.0 Å². The van der Waals surface area contributed by atoms with E-state index in [1.165, 1.54) is 13.3 Å². The van der Waals surface area contributed by atoms with E-state index in [-0.39, 0.29) is 19.3 Å². The number of nitrogens with one attached hydrogen (secondary N) is 1. The molecular formula is C14H25N2O9P. The average molecular weight is 396 g/mol. The van der Waals surface area contributed by atoms with Crippen LogP contribution in [0.25, 0.3) is 0 Å². The average Bonchev–Trinajstić information content (AvgIpc) is 2.56. The molecule has 1 aromatic heterocycles. The Bertz CT molecular complexity index is 702. The van der Waals surface area contributed by atoms with Gasteiger partial charge in [-0.05, 0) is 13.8 Å². The number of H-pyrrole nitrogens is 1. The van der Waals surface area contributed by atoms with E-state index in [2.05, 4.69) is 4.98 Å². The van der Waals surface area contributed by atoms with Gasteiger partial charge in [0.2, 0.25) is 7.37 Å². The summed E-state index contributed by atoms with van der Waals surface area (Å²) >= 11 is 0. The van der Waals surface area contributed by atoms with Gasteiger partial charge in [0.05, 0.1) is 19.3 Å². The third-order valence-corrected chi connectivity index (χ3v) is 4.02. The molecule has 0 saturated heterocycles. The van der Waals surface area contributed by atoms with Crippen LogP contribution in [0.2, 0.25) is 0 Å². The zero-order chi connectivity index (χ0) is 19.7. The molecule has 0 aromatic carbocycles. The van der Waals surface area contributed by atoms with Gasteiger partial charge in [0.25, 0.3) is 5.56 Å². The normalized spacial score (nSPS) is 16.4. The van der Waals surface area contributed by atoms with Gasteiger partial charge in [-0.25, -0.2) is 4.79 Å². The SMILES string of the molecule is COC[C@@H](O[C@H](COC(C)C)OCP(=O)(O)CO)n1ccc(=O)[nH]c1=O. The maximum Gasteiger partial charge on any atom is 0.330 e. The van der Waals surface area contributed by atoms with Crippen LogP contribution in [0.5, 0.6) is 0 Å². The van der Waals surface area contributed by atoms with E-state index in [0.717, 1.165) is 10.6 Å². The molecule has 12 heteroatoms. The minimum absolute atomic E-state index is 0.0652. The Kier molecular flexibility index (Phi) is 9.37. The topological polar surface area (TPSA) is 149 Å². The van der Waals surface area contributed by atoms with Gasteiger partial charge < -0.3 is 28.9 Å². The van der Waals surface area contributed by atoms with E-state index in [4.69, 9.17) is 24.1 Å². The number of ether oxygens (including phenoxy) is 4. The molecule has 1 rings (SSSR count). The summed E-state index contributed by atoms with van der Waals surface area (Å²) in [5, 5.41) is 8.87. The Hall–Kier alpha value is -1.33. The number of aromatic nitrogens is 2. The largest absolute Gasteiger partial charge is 0.386 e. The molecule has 0 spiro atoms. The smallest absolute Gasteiger partial charge is 0.330 e. The van der Waals surface area contributed by atoms with Crippen molar-refractivity contribution in [1.29, 1.82) is 0 Å². The van der Waals surface area contributed by atoms with Gasteiger partial charge in [0.15, 0.2) is 12.5 Å². The Morgan fingerprint density at radius 2 is 1.96 bits per heavy atom. The standard InChI is InChI=1S/C14H25N2O9P/c1-10(2)23-7-13(24-9-26(20,21)8-17)25-12(6-22-3)16-5-4-11(18)15-14(16)19/h4-5,10,12-13,17H,6-9H2,1-3H3,(H,20,21)(H,15,18,19)/t12-,13-/m1/s1. The maximum absolute atomic E-state index is 11.9. The van der Waals surface area contributed by atoms with Gasteiger partial charge in [-0.1, -0.05) is 0 Å². The Morgan fingerprint density at radius 1 is 1.27 bits per heavy atom. The van der Waals surface area contributed by atoms with Crippen LogP contribution < -0.4 is 11.2 Å². The van der Waals surface area contributed by atoms with Crippen molar-refractivity contribution < 1.29 is 33.5 Å². The zero-order valence-corrected chi connectivity index (χ0v) is 15.8. The van der Waals surface area contributed by atoms with E-state index in [0.29, 0.717) is 0 Å². The summed E-state index contributed by atoms with van der Waals surface area (Å²) < 4.78 is 34.0. The van der Waals surface area contributed by atoms with Gasteiger partial charge in [0, 0.05) is 19.4 Å². The van der Waals surface area contributed by atoms with Gasteiger partial charge in [-0.3, -0.25) is 18.9 Å². The molecule has 0 bridgehead atoms. The van der Waals surface area contributed by atoms with Crippen molar-refractivity contribution in [3.63, 3.8) is 0 Å². The van der Waals surface area contributed by atoms with Crippen LogP contribution in [0, 0.1) is 0 Å². The van der Waals surface area contributed by atoms with Crippen LogP contribution in [0.15, 0.2) is 21.9 Å². The van der Waals surface area contributed by atoms with E-state index in [9.17, 15) is 19.0 Å². The Labute approximate surface area is 149 Å². The number of methoxy groups -OCH3 is 1. The highest BCUT2D eigenvalue weighted by atomic mass is 31.2. The number of aliphatic hydroxyl groups is 1. The zero-order valence-electron chi connectivity index (χ0n) is 14.9. The monoisotopic (exact) mass is 396 g/mol. The highest BCUT2D eigenvalue weighted by Gasteiger charge is 2.25. The summed E-state index contributed by atoms with van der Waals surface area (Å²) in [5.74, 6) is 0. The lowest BCUT2D eigenvalue weighted by Crippen LogP contribution is -2.38. The fourth-order valence-corrected chi connectivity index (χ4v) is 2.28. The van der Waals surface area contributed by atoms with Crippen LogP contribution in [0.1, 0.15) is 20.1 Å². The summed E-state index contributed by atoms with van der Waals surface area (Å²) in [7, 11) is -2.48. The second-order valence-electron chi connectivity index (χ2n) is 5.66. The van der Waals surface area contributed by atoms with Crippen molar-refractivity contribution in [2.24, 2.45) is 0 Å². The number of rotatable bonds is 12. The van der Waals surface area contributed by atoms with Gasteiger partial charge >= 0.3 is 5.69 Å². The number of aliphatic hydroxyl groups excluding tert-OH is 1. The van der Waals surface area contributed by atoms with Crippen molar-refractivity contribution in [3.8, 4) is 0 Å². The Morgan fingerprint density at radius 3 is 2.50 bits per heavy atom. The first-order valence-electron chi connectivity index (χ1n) is 7.79. The van der Waals surface area contributed by atoms with Crippen LogP contribution >= 0.6 is 7.37 Å². The summed E-state index contributed by atoms with van der Waals surface area (Å²) in [4.78, 5) is 34.7. The molecule has 11 nitrogen and oxygen atoms in total. The molecule has 1 heterocycles. The third kappa shape index (κ3) is 7.92. The van der Waals surface area contributed by atoms with E-state index in [1.807, 2.05) is 0 Å². The number of hydrogen-bond acceptors (Lipinski definition) is 8. The van der Waals surface area contributed by atoms with Crippen molar-refractivity contribution in [3.05, 3.63) is 33.1 Å². The van der Waals surface area contributed by atoms with E-state index in [1.54, 1.807) is 13.8 Å². The van der Waals surface area contributed by atoms with Gasteiger partial charge in [0.1, 0.15) is 12.7 Å². The quantitative estimate of drug-likeness (QED) is 0.318. The van der Waals surface area contributed by atoms with Crippen LogP contribution in [0.4, 0.5) is 0 Å². The van der Waals surface area contributed by atoms with Crippen LogP contribution in [-0.2, 0) is 23.5 Å². The lowest BCUT2D eigenvalue weighted by molar-refractivity contribution is -0.220. The predicted molar refractivity (Wildman–Crippen MR) is 91.1 cm³/mol. The van der Waals surface area contributed by atoms with Crippen molar-refractivity contribution in [2.45, 2.75) is 32.5 Å². The number of hydrogen-bond donors (Lipinski definition) is 3. The first kappa shape index (κ1) is 22.7. The first-order chi connectivity index (χ1) is 12.2. The lowest BCUT2D eigenvalue weighted by Gasteiger charge is -2.26. The first-order valence-corrected chi connectivity index (χ1v) is 9.82. The summed E-state index contributed by atoms with van der Waals surface area (Å²) in [6.45, 7) is 3.40. The third-order valence-electron chi connectivity index (χ3n) is 3.03. The predicted octanol–water partition coefficient (Wildman–Crippen LogP) is -0.356. The molecule has 0 radical (unpaired) electrons. The van der Waals surface area contributed by atoms with E-state index >= 15 is 0 Å². The molecular weight excluding hydrogens is 371 g/mol. The highest BCUT2D eigenvalue weighted by molar-refractivity contribution is 7.57. The molecule has 0 aliphatic carbocycles. The Balaban J connectivity index is 2.95. The molecule has 0 aliphatic heterocycles. The second kappa shape index (κ2) is 10.7. The molecule has 3 atom stereocenters. The van der Waals surface area contributed by atoms with Crippen molar-refractivity contribution >= 4 is 7.37 Å². The number of nitrogens with zero attached hydrogens (tertiary/aromatic N) is 1. The molecule has 0 aliphatic rings. The van der Waals surface area contributed by atoms with E-state index < -0.39 is 43.8 Å².